The van der Waals surface area contributed by atoms with Gasteiger partial charge in [0.2, 0.25) is 5.91 Å². The van der Waals surface area contributed by atoms with Gasteiger partial charge in [0.25, 0.3) is 0 Å². The Morgan fingerprint density at radius 1 is 1.27 bits per heavy atom. The molecule has 2 aliphatic heterocycles. The second-order valence-corrected chi connectivity index (χ2v) is 7.92. The molecule has 4 nitrogen and oxygen atoms in total. The van der Waals surface area contributed by atoms with Crippen LogP contribution in [0, 0.1) is 6.92 Å². The summed E-state index contributed by atoms with van der Waals surface area (Å²) in [7, 11) is 1.71. The van der Waals surface area contributed by atoms with Gasteiger partial charge >= 0.3 is 0 Å². The van der Waals surface area contributed by atoms with Gasteiger partial charge in [-0.2, -0.15) is 0 Å². The standard InChI is InChI=1S/C17H26N2O2S/c1-14-3-4-15(22-14)13-18-9-7-17(8-10-18)6-5-16(20)19(17)11-12-21-2/h3-4H,5-13H2,1-2H3. The van der Waals surface area contributed by atoms with Crippen LogP contribution in [0.5, 0.6) is 0 Å². The molecule has 0 unspecified atom stereocenters. The molecule has 0 bridgehead atoms. The first-order valence-corrected chi connectivity index (χ1v) is 9.02. The minimum Gasteiger partial charge on any atom is -0.383 e. The number of rotatable bonds is 5. The van der Waals surface area contributed by atoms with Gasteiger partial charge in [-0.25, -0.2) is 0 Å². The van der Waals surface area contributed by atoms with Crippen LogP contribution in [-0.4, -0.2) is 54.6 Å². The van der Waals surface area contributed by atoms with Crippen molar-refractivity contribution in [2.24, 2.45) is 0 Å². The fourth-order valence-electron chi connectivity index (χ4n) is 3.86. The van der Waals surface area contributed by atoms with Crippen molar-refractivity contribution in [3.63, 3.8) is 0 Å². The zero-order valence-electron chi connectivity index (χ0n) is 13.6. The van der Waals surface area contributed by atoms with Crippen molar-refractivity contribution in [3.8, 4) is 0 Å². The van der Waals surface area contributed by atoms with Crippen LogP contribution in [0.3, 0.4) is 0 Å². The van der Waals surface area contributed by atoms with Crippen LogP contribution in [0.4, 0.5) is 0 Å². The molecule has 0 aliphatic carbocycles. The Hall–Kier alpha value is -0.910. The fourth-order valence-corrected chi connectivity index (χ4v) is 4.79. The van der Waals surface area contributed by atoms with E-state index in [4.69, 9.17) is 4.74 Å². The monoisotopic (exact) mass is 322 g/mol. The lowest BCUT2D eigenvalue weighted by molar-refractivity contribution is -0.133. The van der Waals surface area contributed by atoms with Crippen LogP contribution in [0.2, 0.25) is 0 Å². The van der Waals surface area contributed by atoms with Crippen LogP contribution >= 0.6 is 11.3 Å². The van der Waals surface area contributed by atoms with Gasteiger partial charge in [0.05, 0.1) is 6.61 Å². The van der Waals surface area contributed by atoms with Gasteiger partial charge in [-0.15, -0.1) is 11.3 Å². The number of aryl methyl sites for hydroxylation is 1. The van der Waals surface area contributed by atoms with Gasteiger partial charge in [0.15, 0.2) is 0 Å². The van der Waals surface area contributed by atoms with E-state index in [2.05, 4.69) is 28.9 Å². The molecule has 3 heterocycles. The Labute approximate surface area is 137 Å². The van der Waals surface area contributed by atoms with Gasteiger partial charge in [0.1, 0.15) is 0 Å². The van der Waals surface area contributed by atoms with E-state index >= 15 is 0 Å². The summed E-state index contributed by atoms with van der Waals surface area (Å²) in [6, 6.07) is 4.45. The lowest BCUT2D eigenvalue weighted by atomic mass is 9.85. The predicted molar refractivity (Wildman–Crippen MR) is 89.1 cm³/mol. The SMILES string of the molecule is COCCN1C(=O)CCC12CCN(Cc1ccc(C)s1)CC2. The number of carbonyl (C=O) groups is 1. The molecule has 0 saturated carbocycles. The molecule has 2 aliphatic rings. The molecule has 1 spiro atoms. The quantitative estimate of drug-likeness (QED) is 0.835. The maximum atomic E-state index is 12.2. The predicted octanol–water partition coefficient (Wildman–Crippen LogP) is 2.66. The maximum absolute atomic E-state index is 12.2. The minimum atomic E-state index is 0.109. The zero-order chi connectivity index (χ0) is 15.6. The number of thiophene rings is 1. The highest BCUT2D eigenvalue weighted by atomic mass is 32.1. The van der Waals surface area contributed by atoms with Crippen LogP contribution in [-0.2, 0) is 16.1 Å². The van der Waals surface area contributed by atoms with E-state index in [-0.39, 0.29) is 5.54 Å². The minimum absolute atomic E-state index is 0.109. The van der Waals surface area contributed by atoms with Crippen molar-refractivity contribution in [2.45, 2.75) is 44.7 Å². The van der Waals surface area contributed by atoms with Gasteiger partial charge < -0.3 is 9.64 Å². The Bertz CT molecular complexity index is 520. The smallest absolute Gasteiger partial charge is 0.223 e. The first-order chi connectivity index (χ1) is 10.6. The normalized spacial score (nSPS) is 21.9. The van der Waals surface area contributed by atoms with E-state index in [9.17, 15) is 4.79 Å². The van der Waals surface area contributed by atoms with Crippen molar-refractivity contribution in [2.75, 3.05) is 33.4 Å². The molecule has 1 aromatic heterocycles. The zero-order valence-corrected chi connectivity index (χ0v) is 14.5. The van der Waals surface area contributed by atoms with Crippen molar-refractivity contribution in [1.29, 1.82) is 0 Å². The first-order valence-electron chi connectivity index (χ1n) is 8.20. The molecule has 122 valence electrons. The number of nitrogens with zero attached hydrogens (tertiary/aromatic N) is 2. The molecule has 0 aromatic carbocycles. The summed E-state index contributed by atoms with van der Waals surface area (Å²) in [4.78, 5) is 19.7. The van der Waals surface area contributed by atoms with Crippen LogP contribution < -0.4 is 0 Å². The van der Waals surface area contributed by atoms with Gasteiger partial charge in [-0.05, 0) is 38.3 Å². The summed E-state index contributed by atoms with van der Waals surface area (Å²) in [5.74, 6) is 0.319. The lowest BCUT2D eigenvalue weighted by Crippen LogP contribution is -2.53. The summed E-state index contributed by atoms with van der Waals surface area (Å²) in [6.45, 7) is 6.80. The van der Waals surface area contributed by atoms with Crippen molar-refractivity contribution in [1.82, 2.24) is 9.80 Å². The largest absolute Gasteiger partial charge is 0.383 e. The van der Waals surface area contributed by atoms with Crippen LogP contribution in [0.15, 0.2) is 12.1 Å². The maximum Gasteiger partial charge on any atom is 0.223 e. The third kappa shape index (κ3) is 3.21. The number of hydrogen-bond acceptors (Lipinski definition) is 4. The molecule has 1 aromatic rings. The molecule has 0 atom stereocenters. The summed E-state index contributed by atoms with van der Waals surface area (Å²) in [5.41, 5.74) is 0.109. The van der Waals surface area contributed by atoms with Crippen molar-refractivity contribution in [3.05, 3.63) is 21.9 Å². The van der Waals surface area contributed by atoms with E-state index in [1.165, 1.54) is 9.75 Å². The molecule has 0 N–H and O–H groups in total. The molecule has 1 amide bonds. The van der Waals surface area contributed by atoms with Gasteiger partial charge in [-0.3, -0.25) is 9.69 Å². The second kappa shape index (κ2) is 6.69. The number of methoxy groups -OCH3 is 1. The third-order valence-corrected chi connectivity index (χ3v) is 6.14. The van der Waals surface area contributed by atoms with Crippen LogP contribution in [0.25, 0.3) is 0 Å². The molecule has 22 heavy (non-hydrogen) atoms. The van der Waals surface area contributed by atoms with E-state index in [1.807, 2.05) is 11.3 Å². The highest BCUT2D eigenvalue weighted by molar-refractivity contribution is 7.11. The van der Waals surface area contributed by atoms with Crippen molar-refractivity contribution >= 4 is 17.2 Å². The summed E-state index contributed by atoms with van der Waals surface area (Å²) in [6.07, 6.45) is 3.95. The average molecular weight is 322 g/mol. The van der Waals surface area contributed by atoms with Crippen molar-refractivity contribution < 1.29 is 9.53 Å². The van der Waals surface area contributed by atoms with E-state index in [1.54, 1.807) is 7.11 Å². The number of amides is 1. The van der Waals surface area contributed by atoms with Gasteiger partial charge in [0, 0.05) is 55.0 Å². The topological polar surface area (TPSA) is 32.8 Å². The summed E-state index contributed by atoms with van der Waals surface area (Å²) >= 11 is 1.89. The molecule has 2 fully saturated rings. The first kappa shape index (κ1) is 16.0. The molecule has 5 heteroatoms. The molecule has 0 radical (unpaired) electrons. The fraction of sp³-hybridized carbons (Fsp3) is 0.706. The average Bonchev–Trinajstić information content (AvgIpc) is 3.05. The second-order valence-electron chi connectivity index (χ2n) is 6.55. The number of piperidine rings is 1. The Morgan fingerprint density at radius 3 is 2.68 bits per heavy atom. The number of ether oxygens (including phenoxy) is 1. The van der Waals surface area contributed by atoms with E-state index in [0.29, 0.717) is 18.9 Å². The summed E-state index contributed by atoms with van der Waals surface area (Å²) < 4.78 is 5.19. The number of likely N-dealkylation sites (tertiary alicyclic amines) is 2. The van der Waals surface area contributed by atoms with Gasteiger partial charge in [-0.1, -0.05) is 0 Å². The number of carbonyl (C=O) groups excluding carboxylic acids is 1. The molecule has 2 saturated heterocycles. The molecular formula is C17H26N2O2S. The number of hydrogen-bond donors (Lipinski definition) is 0. The van der Waals surface area contributed by atoms with E-state index in [0.717, 1.165) is 45.4 Å². The Balaban J connectivity index is 1.58. The highest BCUT2D eigenvalue weighted by Gasteiger charge is 2.46. The highest BCUT2D eigenvalue weighted by Crippen LogP contribution is 2.39. The molecule has 3 rings (SSSR count). The molecular weight excluding hydrogens is 296 g/mol. The Kier molecular flexibility index (Phi) is 4.85. The lowest BCUT2D eigenvalue weighted by Gasteiger charge is -2.45. The third-order valence-electron chi connectivity index (χ3n) is 5.16. The Morgan fingerprint density at radius 2 is 2.05 bits per heavy atom. The van der Waals surface area contributed by atoms with E-state index < -0.39 is 0 Å². The summed E-state index contributed by atoms with van der Waals surface area (Å²) in [5, 5.41) is 0. The van der Waals surface area contributed by atoms with Crippen LogP contribution in [0.1, 0.15) is 35.4 Å².